The number of hydrogen-bond acceptors (Lipinski definition) is 6. The number of nitrogens with zero attached hydrogens (tertiary/aromatic N) is 1. The van der Waals surface area contributed by atoms with Gasteiger partial charge in [0.05, 0.1) is 26.0 Å². The Bertz CT molecular complexity index is 1030. The first-order valence-electron chi connectivity index (χ1n) is 7.29. The maximum atomic E-state index is 12.7. The van der Waals surface area contributed by atoms with Crippen molar-refractivity contribution >= 4 is 39.1 Å². The molecule has 2 aromatic rings. The summed E-state index contributed by atoms with van der Waals surface area (Å²) in [5, 5.41) is 18.4. The Morgan fingerprint density at radius 2 is 1.89 bits per heavy atom. The molecule has 8 nitrogen and oxygen atoms in total. The highest BCUT2D eigenvalue weighted by Crippen LogP contribution is 2.36. The molecule has 0 aliphatic heterocycles. The lowest BCUT2D eigenvalue weighted by molar-refractivity contribution is -0.388. The van der Waals surface area contributed by atoms with E-state index in [2.05, 4.69) is 5.32 Å². The summed E-state index contributed by atoms with van der Waals surface area (Å²) in [6, 6.07) is 7.10. The lowest BCUT2D eigenvalue weighted by atomic mass is 10.2. The summed E-state index contributed by atoms with van der Waals surface area (Å²) in [6.45, 7) is 0. The molecule has 1 amide bonds. The molecule has 13 heteroatoms. The van der Waals surface area contributed by atoms with Crippen molar-refractivity contribution < 1.29 is 31.3 Å². The summed E-state index contributed by atoms with van der Waals surface area (Å²) < 4.78 is 60.7. The smallest absolute Gasteiger partial charge is 0.325 e. The second-order valence-corrected chi connectivity index (χ2v) is 7.93. The van der Waals surface area contributed by atoms with Gasteiger partial charge in [0.2, 0.25) is 15.9 Å². The van der Waals surface area contributed by atoms with E-state index in [0.29, 0.717) is 23.9 Å². The summed E-state index contributed by atoms with van der Waals surface area (Å²) in [7, 11) is -3.97. The van der Waals surface area contributed by atoms with Gasteiger partial charge < -0.3 is 5.32 Å². The first-order valence-corrected chi connectivity index (χ1v) is 9.82. The van der Waals surface area contributed by atoms with Gasteiger partial charge in [0.25, 0.3) is 5.69 Å². The molecule has 0 aliphatic carbocycles. The van der Waals surface area contributed by atoms with Gasteiger partial charge in [0.1, 0.15) is 0 Å². The van der Waals surface area contributed by atoms with Crippen LogP contribution in [0.2, 0.25) is 0 Å². The number of primary sulfonamides is 1. The van der Waals surface area contributed by atoms with Crippen LogP contribution >= 0.6 is 11.8 Å². The zero-order valence-corrected chi connectivity index (χ0v) is 15.4. The second-order valence-electron chi connectivity index (χ2n) is 5.35. The fraction of sp³-hybridized carbons (Fsp3) is 0.133. The van der Waals surface area contributed by atoms with Gasteiger partial charge >= 0.3 is 6.18 Å². The molecule has 0 radical (unpaired) electrons. The molecular formula is C15H12F3N3O5S2. The minimum Gasteiger partial charge on any atom is -0.325 e. The molecule has 0 saturated heterocycles. The van der Waals surface area contributed by atoms with Crippen molar-refractivity contribution in [2.24, 2.45) is 5.14 Å². The molecule has 28 heavy (non-hydrogen) atoms. The predicted octanol–water partition coefficient (Wildman–Crippen LogP) is 2.99. The van der Waals surface area contributed by atoms with Crippen molar-refractivity contribution in [1.29, 1.82) is 0 Å². The molecule has 2 aromatic carbocycles. The van der Waals surface area contributed by atoms with Crippen molar-refractivity contribution in [3.63, 3.8) is 0 Å². The van der Waals surface area contributed by atoms with E-state index < -0.39 is 38.3 Å². The summed E-state index contributed by atoms with van der Waals surface area (Å²) in [5.41, 5.74) is -1.82. The number of sulfonamides is 1. The number of thioether (sulfide) groups is 1. The van der Waals surface area contributed by atoms with Crippen LogP contribution in [0.1, 0.15) is 5.56 Å². The van der Waals surface area contributed by atoms with Gasteiger partial charge in [-0.3, -0.25) is 14.9 Å². The first kappa shape index (κ1) is 21.7. The number of anilines is 1. The summed E-state index contributed by atoms with van der Waals surface area (Å²) in [6.07, 6.45) is -4.74. The Kier molecular flexibility index (Phi) is 6.31. The highest BCUT2D eigenvalue weighted by molar-refractivity contribution is 8.00. The van der Waals surface area contributed by atoms with Crippen LogP contribution in [-0.2, 0) is 21.0 Å². The van der Waals surface area contributed by atoms with E-state index in [1.807, 2.05) is 0 Å². The molecule has 0 bridgehead atoms. The number of amides is 1. The van der Waals surface area contributed by atoms with E-state index in [-0.39, 0.29) is 21.2 Å². The molecule has 0 fully saturated rings. The minimum atomic E-state index is -4.74. The number of rotatable bonds is 6. The van der Waals surface area contributed by atoms with Crippen molar-refractivity contribution in [1.82, 2.24) is 0 Å². The maximum absolute atomic E-state index is 12.7. The Morgan fingerprint density at radius 3 is 2.46 bits per heavy atom. The Balaban J connectivity index is 2.12. The Hall–Kier alpha value is -2.64. The van der Waals surface area contributed by atoms with Crippen LogP contribution in [0.5, 0.6) is 0 Å². The molecule has 150 valence electrons. The molecule has 3 N–H and O–H groups in total. The first-order chi connectivity index (χ1) is 12.9. The SMILES string of the molecule is NS(=O)(=O)c1cccc(NC(=O)CSc2ccc(C(F)(F)F)cc2[N+](=O)[O-])c1. The van der Waals surface area contributed by atoms with Crippen LogP contribution in [0.4, 0.5) is 24.5 Å². The highest BCUT2D eigenvalue weighted by Gasteiger charge is 2.33. The van der Waals surface area contributed by atoms with Gasteiger partial charge in [-0.1, -0.05) is 6.07 Å². The number of hydrogen-bond donors (Lipinski definition) is 2. The highest BCUT2D eigenvalue weighted by atomic mass is 32.2. The minimum absolute atomic E-state index is 0.119. The quantitative estimate of drug-likeness (QED) is 0.407. The zero-order valence-electron chi connectivity index (χ0n) is 13.8. The lowest BCUT2D eigenvalue weighted by Crippen LogP contribution is -2.16. The molecular weight excluding hydrogens is 423 g/mol. The second kappa shape index (κ2) is 8.16. The largest absolute Gasteiger partial charge is 0.416 e. The average molecular weight is 435 g/mol. The molecule has 0 heterocycles. The van der Waals surface area contributed by atoms with Crippen molar-refractivity contribution in [2.45, 2.75) is 16.0 Å². The molecule has 0 atom stereocenters. The van der Waals surface area contributed by atoms with Crippen LogP contribution in [0.15, 0.2) is 52.3 Å². The van der Waals surface area contributed by atoms with Crippen LogP contribution in [-0.4, -0.2) is 25.0 Å². The number of nitrogens with two attached hydrogens (primary N) is 1. The van der Waals surface area contributed by atoms with E-state index in [1.165, 1.54) is 18.2 Å². The Labute approximate surface area is 161 Å². The molecule has 0 saturated carbocycles. The number of alkyl halides is 3. The number of benzene rings is 2. The van der Waals surface area contributed by atoms with E-state index >= 15 is 0 Å². The number of nitro benzene ring substituents is 1. The van der Waals surface area contributed by atoms with E-state index in [0.717, 1.165) is 12.1 Å². The zero-order chi connectivity index (χ0) is 21.1. The summed E-state index contributed by atoms with van der Waals surface area (Å²) in [4.78, 5) is 21.7. The number of carbonyl (C=O) groups excluding carboxylic acids is 1. The topological polar surface area (TPSA) is 132 Å². The molecule has 0 aliphatic rings. The van der Waals surface area contributed by atoms with E-state index in [9.17, 15) is 36.5 Å². The van der Waals surface area contributed by atoms with Gasteiger partial charge in [-0.25, -0.2) is 13.6 Å². The van der Waals surface area contributed by atoms with Crippen molar-refractivity contribution in [3.8, 4) is 0 Å². The number of nitrogens with one attached hydrogen (secondary N) is 1. The van der Waals surface area contributed by atoms with Crippen LogP contribution in [0.3, 0.4) is 0 Å². The predicted molar refractivity (Wildman–Crippen MR) is 95.3 cm³/mol. The third kappa shape index (κ3) is 5.68. The van der Waals surface area contributed by atoms with Gasteiger partial charge in [0.15, 0.2) is 0 Å². The van der Waals surface area contributed by atoms with Gasteiger partial charge in [0, 0.05) is 11.8 Å². The monoisotopic (exact) mass is 435 g/mol. The van der Waals surface area contributed by atoms with Crippen LogP contribution in [0.25, 0.3) is 0 Å². The Morgan fingerprint density at radius 1 is 1.21 bits per heavy atom. The number of nitro groups is 1. The van der Waals surface area contributed by atoms with Crippen molar-refractivity contribution in [2.75, 3.05) is 11.1 Å². The molecule has 0 aromatic heterocycles. The van der Waals surface area contributed by atoms with Crippen LogP contribution in [0, 0.1) is 10.1 Å². The fourth-order valence-corrected chi connectivity index (χ4v) is 3.41. The van der Waals surface area contributed by atoms with E-state index in [4.69, 9.17) is 5.14 Å². The summed E-state index contributed by atoms with van der Waals surface area (Å²) >= 11 is 0.668. The fourth-order valence-electron chi connectivity index (χ4n) is 2.05. The number of carbonyl (C=O) groups is 1. The van der Waals surface area contributed by atoms with Gasteiger partial charge in [-0.2, -0.15) is 13.2 Å². The van der Waals surface area contributed by atoms with Crippen molar-refractivity contribution in [3.05, 3.63) is 58.1 Å². The van der Waals surface area contributed by atoms with Gasteiger partial charge in [-0.05, 0) is 30.3 Å². The third-order valence-electron chi connectivity index (χ3n) is 3.29. The average Bonchev–Trinajstić information content (AvgIpc) is 2.58. The number of halogens is 3. The van der Waals surface area contributed by atoms with Gasteiger partial charge in [-0.15, -0.1) is 11.8 Å². The van der Waals surface area contributed by atoms with E-state index in [1.54, 1.807) is 0 Å². The normalized spacial score (nSPS) is 11.9. The summed E-state index contributed by atoms with van der Waals surface area (Å²) in [5.74, 6) is -1.00. The molecule has 0 spiro atoms. The standard InChI is InChI=1S/C15H12F3N3O5S2/c16-15(17,18)9-4-5-13(12(6-9)21(23)24)27-8-14(22)20-10-2-1-3-11(7-10)28(19,25)26/h1-7H,8H2,(H,20,22)(H2,19,25,26). The maximum Gasteiger partial charge on any atom is 0.416 e. The molecule has 0 unspecified atom stereocenters. The van der Waals surface area contributed by atoms with Crippen LogP contribution < -0.4 is 10.5 Å². The third-order valence-corrected chi connectivity index (χ3v) is 5.26. The lowest BCUT2D eigenvalue weighted by Gasteiger charge is -2.09. The molecule has 2 rings (SSSR count).